The summed E-state index contributed by atoms with van der Waals surface area (Å²) in [5, 5.41) is 11.3. The number of carbonyl (C=O) groups is 1. The summed E-state index contributed by atoms with van der Waals surface area (Å²) in [4.78, 5) is 23.1. The molecule has 0 saturated heterocycles. The fraction of sp³-hybridized carbons (Fsp3) is 0.381. The van der Waals surface area contributed by atoms with Gasteiger partial charge in [-0.05, 0) is 90.2 Å². The summed E-state index contributed by atoms with van der Waals surface area (Å²) in [6.45, 7) is 5.26. The third-order valence-electron chi connectivity index (χ3n) is 5.57. The van der Waals surface area contributed by atoms with Crippen molar-refractivity contribution in [2.24, 2.45) is 0 Å². The number of rotatable bonds is 6. The number of benzene rings is 2. The molecule has 0 bridgehead atoms. The lowest BCUT2D eigenvalue weighted by Crippen LogP contribution is -2.50. The minimum Gasteiger partial charge on any atom is -0.294 e. The van der Waals surface area contributed by atoms with Gasteiger partial charge in [0.2, 0.25) is 6.54 Å². The molecule has 2 aromatic rings. The van der Waals surface area contributed by atoms with Crippen LogP contribution in [0.25, 0.3) is 0 Å². The summed E-state index contributed by atoms with van der Waals surface area (Å²) in [6, 6.07) is 7.45. The number of nitrogens with zero attached hydrogens (tertiary/aromatic N) is 1. The van der Waals surface area contributed by atoms with Crippen LogP contribution in [-0.2, 0) is 5.41 Å². The van der Waals surface area contributed by atoms with Crippen molar-refractivity contribution in [3.05, 3.63) is 77.4 Å². The Balaban J connectivity index is 2.74. The second-order valence-corrected chi connectivity index (χ2v) is 8.54. The number of hydrogen-bond donors (Lipinski definition) is 0. The van der Waals surface area contributed by atoms with E-state index in [-0.39, 0.29) is 11.1 Å². The number of Topliss-reactive ketones (excluding diaryl/α,β-unsaturated/α-hetero) is 1. The van der Waals surface area contributed by atoms with Gasteiger partial charge in [0.05, 0.1) is 0 Å². The molecule has 0 aliphatic carbocycles. The average Bonchev–Trinajstić information content (AvgIpc) is 2.61. The van der Waals surface area contributed by atoms with Crippen LogP contribution in [0.15, 0.2) is 30.3 Å². The van der Waals surface area contributed by atoms with E-state index < -0.39 is 35.3 Å². The number of halogens is 4. The highest BCUT2D eigenvalue weighted by Crippen LogP contribution is 2.47. The van der Waals surface area contributed by atoms with Gasteiger partial charge in [0.15, 0.2) is 11.2 Å². The molecule has 0 aliphatic heterocycles. The Morgan fingerprint density at radius 2 is 1.59 bits per heavy atom. The highest BCUT2D eigenvalue weighted by molar-refractivity contribution is 14.1. The van der Waals surface area contributed by atoms with Crippen LogP contribution in [-0.4, -0.2) is 23.4 Å². The molecule has 2 rings (SSSR count). The van der Waals surface area contributed by atoms with Crippen LogP contribution in [0.5, 0.6) is 0 Å². The molecule has 0 fully saturated rings. The second-order valence-electron chi connectivity index (χ2n) is 7.29. The van der Waals surface area contributed by atoms with E-state index in [1.165, 1.54) is 25.1 Å². The zero-order chi connectivity index (χ0) is 22.1. The zero-order valence-electron chi connectivity index (χ0n) is 16.5. The molecule has 0 heterocycles. The van der Waals surface area contributed by atoms with Crippen LogP contribution < -0.4 is 0 Å². The van der Waals surface area contributed by atoms with E-state index in [1.807, 2.05) is 22.6 Å². The van der Waals surface area contributed by atoms with Crippen LogP contribution in [0.2, 0.25) is 0 Å². The summed E-state index contributed by atoms with van der Waals surface area (Å²) in [6.07, 6.45) is -6.02. The molecule has 1 unspecified atom stereocenters. The SMILES string of the molecule is Cc1cc(C(CC(=O)c2ccc(I)cc2)(C[N+](=O)[O-])C(F)(F)F)c(C)c(C)c1C. The molecule has 0 N–H and O–H groups in total. The number of alkyl halides is 3. The van der Waals surface area contributed by atoms with E-state index in [4.69, 9.17) is 0 Å². The Morgan fingerprint density at radius 3 is 2.07 bits per heavy atom. The van der Waals surface area contributed by atoms with Crippen LogP contribution in [0.1, 0.15) is 44.6 Å². The first-order chi connectivity index (χ1) is 13.3. The number of carbonyl (C=O) groups excluding carboxylic acids is 1. The first kappa shape index (κ1) is 23.3. The maximum Gasteiger partial charge on any atom is 0.405 e. The van der Waals surface area contributed by atoms with Gasteiger partial charge in [0, 0.05) is 20.5 Å². The van der Waals surface area contributed by atoms with E-state index in [0.29, 0.717) is 16.7 Å². The topological polar surface area (TPSA) is 60.2 Å². The molecule has 0 amide bonds. The molecule has 8 heteroatoms. The van der Waals surface area contributed by atoms with Crippen LogP contribution in [0, 0.1) is 41.4 Å². The maximum atomic E-state index is 14.4. The molecule has 0 aliphatic rings. The van der Waals surface area contributed by atoms with Gasteiger partial charge in [-0.1, -0.05) is 18.2 Å². The minimum atomic E-state index is -4.99. The predicted molar refractivity (Wildman–Crippen MR) is 113 cm³/mol. The Morgan fingerprint density at radius 1 is 1.03 bits per heavy atom. The van der Waals surface area contributed by atoms with E-state index in [9.17, 15) is 28.1 Å². The van der Waals surface area contributed by atoms with Crippen molar-refractivity contribution < 1.29 is 22.9 Å². The third-order valence-corrected chi connectivity index (χ3v) is 6.29. The molecule has 2 aromatic carbocycles. The van der Waals surface area contributed by atoms with Crippen LogP contribution in [0.3, 0.4) is 0 Å². The lowest BCUT2D eigenvalue weighted by atomic mass is 9.71. The molecule has 4 nitrogen and oxygen atoms in total. The zero-order valence-corrected chi connectivity index (χ0v) is 18.6. The van der Waals surface area contributed by atoms with Crippen molar-refractivity contribution in [2.45, 2.75) is 45.7 Å². The molecule has 1 atom stereocenters. The monoisotopic (exact) mass is 519 g/mol. The van der Waals surface area contributed by atoms with Gasteiger partial charge in [0.25, 0.3) is 0 Å². The largest absolute Gasteiger partial charge is 0.405 e. The van der Waals surface area contributed by atoms with E-state index >= 15 is 0 Å². The Kier molecular flexibility index (Phi) is 6.76. The predicted octanol–water partition coefficient (Wildman–Crippen LogP) is 5.87. The molecule has 0 radical (unpaired) electrons. The first-order valence-electron chi connectivity index (χ1n) is 8.85. The standard InChI is InChI=1S/C21H21F3INO3/c1-12-9-18(15(4)14(3)13(12)2)20(11-26(28)29,21(22,23)24)10-19(27)16-5-7-17(25)8-6-16/h5-9H,10-11H2,1-4H3. The Bertz CT molecular complexity index is 955. The second kappa shape index (κ2) is 8.41. The number of ketones is 1. The first-order valence-corrected chi connectivity index (χ1v) is 9.93. The summed E-state index contributed by atoms with van der Waals surface area (Å²) < 4.78 is 44.2. The average molecular weight is 519 g/mol. The Labute approximate surface area is 180 Å². The lowest BCUT2D eigenvalue weighted by molar-refractivity contribution is -0.501. The van der Waals surface area contributed by atoms with E-state index in [0.717, 1.165) is 9.13 Å². The molecule has 0 aromatic heterocycles. The van der Waals surface area contributed by atoms with Gasteiger partial charge in [-0.2, -0.15) is 13.2 Å². The molecule has 0 spiro atoms. The minimum absolute atomic E-state index is 0.0978. The van der Waals surface area contributed by atoms with E-state index in [1.54, 1.807) is 32.9 Å². The summed E-state index contributed by atoms with van der Waals surface area (Å²) in [5.74, 6) is -0.782. The fourth-order valence-electron chi connectivity index (χ4n) is 3.52. The third kappa shape index (κ3) is 4.62. The molecule has 0 saturated carbocycles. The maximum absolute atomic E-state index is 14.4. The molecular weight excluding hydrogens is 498 g/mol. The van der Waals surface area contributed by atoms with Crippen molar-refractivity contribution in [3.63, 3.8) is 0 Å². The number of hydrogen-bond acceptors (Lipinski definition) is 3. The van der Waals surface area contributed by atoms with Gasteiger partial charge >= 0.3 is 6.18 Å². The number of aryl methyl sites for hydroxylation is 1. The number of nitro groups is 1. The normalized spacial score (nSPS) is 13.8. The molecule has 29 heavy (non-hydrogen) atoms. The fourth-order valence-corrected chi connectivity index (χ4v) is 3.88. The highest BCUT2D eigenvalue weighted by atomic mass is 127. The quantitative estimate of drug-likeness (QED) is 0.208. The van der Waals surface area contributed by atoms with Crippen molar-refractivity contribution in [1.82, 2.24) is 0 Å². The van der Waals surface area contributed by atoms with Gasteiger partial charge < -0.3 is 0 Å². The van der Waals surface area contributed by atoms with Crippen molar-refractivity contribution in [1.29, 1.82) is 0 Å². The van der Waals surface area contributed by atoms with Crippen LogP contribution >= 0.6 is 22.6 Å². The summed E-state index contributed by atoms with van der Waals surface area (Å²) >= 11 is 2.02. The summed E-state index contributed by atoms with van der Waals surface area (Å²) in [5.41, 5.74) is -0.638. The van der Waals surface area contributed by atoms with Gasteiger partial charge in [-0.3, -0.25) is 14.9 Å². The van der Waals surface area contributed by atoms with Crippen molar-refractivity contribution in [2.75, 3.05) is 6.54 Å². The van der Waals surface area contributed by atoms with Gasteiger partial charge in [-0.25, -0.2) is 0 Å². The summed E-state index contributed by atoms with van der Waals surface area (Å²) in [7, 11) is 0. The highest BCUT2D eigenvalue weighted by Gasteiger charge is 2.61. The van der Waals surface area contributed by atoms with Gasteiger partial charge in [-0.15, -0.1) is 0 Å². The van der Waals surface area contributed by atoms with E-state index in [2.05, 4.69) is 0 Å². The van der Waals surface area contributed by atoms with Gasteiger partial charge in [0.1, 0.15) is 0 Å². The van der Waals surface area contributed by atoms with Crippen molar-refractivity contribution in [3.8, 4) is 0 Å². The molecule has 156 valence electrons. The van der Waals surface area contributed by atoms with Crippen LogP contribution in [0.4, 0.5) is 13.2 Å². The lowest BCUT2D eigenvalue weighted by Gasteiger charge is -2.34. The Hall–Kier alpha value is -1.97. The smallest absolute Gasteiger partial charge is 0.294 e. The molecular formula is C21H21F3INO3. The van der Waals surface area contributed by atoms with Crippen molar-refractivity contribution >= 4 is 28.4 Å².